The highest BCUT2D eigenvalue weighted by Crippen LogP contribution is 2.13. The summed E-state index contributed by atoms with van der Waals surface area (Å²) in [5.41, 5.74) is 0. The van der Waals surface area contributed by atoms with Crippen molar-refractivity contribution in [2.24, 2.45) is 5.92 Å². The fraction of sp³-hybridized carbons (Fsp3) is 0.556. The van der Waals surface area contributed by atoms with E-state index in [1.807, 2.05) is 0 Å². The molecule has 1 unspecified atom stereocenters. The van der Waals surface area contributed by atoms with Crippen LogP contribution in [0.4, 0.5) is 4.39 Å². The summed E-state index contributed by atoms with van der Waals surface area (Å²) in [6, 6.07) is 0. The molecule has 5 heteroatoms. The summed E-state index contributed by atoms with van der Waals surface area (Å²) in [6.07, 6.45) is 3.47. The van der Waals surface area contributed by atoms with Crippen LogP contribution in [-0.4, -0.2) is 29.7 Å². The molecule has 1 N–H and O–H groups in total. The van der Waals surface area contributed by atoms with Crippen LogP contribution in [-0.2, 0) is 0 Å². The van der Waals surface area contributed by atoms with Crippen LogP contribution in [0, 0.1) is 11.7 Å². The lowest BCUT2D eigenvalue weighted by molar-refractivity contribution is 0.239. The lowest BCUT2D eigenvalue weighted by Gasteiger charge is -2.09. The van der Waals surface area contributed by atoms with E-state index in [0.717, 1.165) is 25.7 Å². The first-order valence-corrected chi connectivity index (χ1v) is 4.65. The summed E-state index contributed by atoms with van der Waals surface area (Å²) in [5, 5.41) is 3.22. The Morgan fingerprint density at radius 1 is 1.64 bits per heavy atom. The standard InChI is InChI=1S/C9H12FN3O/c10-8-4-12-6-13-9(8)14-5-7-1-2-11-3-7/h4,6-7,11H,1-3,5H2. The average molecular weight is 197 g/mol. The van der Waals surface area contributed by atoms with Crippen LogP contribution in [0.2, 0.25) is 0 Å². The van der Waals surface area contributed by atoms with Gasteiger partial charge in [-0.3, -0.25) is 0 Å². The zero-order valence-corrected chi connectivity index (χ0v) is 7.74. The molecule has 1 aliphatic rings. The van der Waals surface area contributed by atoms with E-state index >= 15 is 0 Å². The molecule has 0 aliphatic carbocycles. The number of nitrogens with zero attached hydrogens (tertiary/aromatic N) is 2. The van der Waals surface area contributed by atoms with Gasteiger partial charge in [-0.1, -0.05) is 0 Å². The van der Waals surface area contributed by atoms with Gasteiger partial charge in [-0.15, -0.1) is 0 Å². The Kier molecular flexibility index (Phi) is 2.88. The number of rotatable bonds is 3. The number of ether oxygens (including phenoxy) is 1. The molecule has 0 spiro atoms. The van der Waals surface area contributed by atoms with Crippen molar-refractivity contribution in [3.8, 4) is 5.88 Å². The van der Waals surface area contributed by atoms with Gasteiger partial charge in [0.05, 0.1) is 12.8 Å². The second-order valence-corrected chi connectivity index (χ2v) is 3.35. The fourth-order valence-electron chi connectivity index (χ4n) is 1.46. The van der Waals surface area contributed by atoms with Crippen molar-refractivity contribution in [3.63, 3.8) is 0 Å². The van der Waals surface area contributed by atoms with Gasteiger partial charge in [0.15, 0.2) is 0 Å². The van der Waals surface area contributed by atoms with E-state index in [9.17, 15) is 4.39 Å². The highest BCUT2D eigenvalue weighted by molar-refractivity contribution is 5.08. The zero-order valence-electron chi connectivity index (χ0n) is 7.74. The van der Waals surface area contributed by atoms with E-state index in [0.29, 0.717) is 12.5 Å². The molecule has 0 amide bonds. The predicted octanol–water partition coefficient (Wildman–Crippen LogP) is 0.604. The molecule has 1 aliphatic heterocycles. The Morgan fingerprint density at radius 3 is 3.29 bits per heavy atom. The molecule has 1 aromatic rings. The van der Waals surface area contributed by atoms with E-state index in [4.69, 9.17) is 4.74 Å². The Bertz CT molecular complexity index is 302. The van der Waals surface area contributed by atoms with Crippen LogP contribution in [0.5, 0.6) is 5.88 Å². The molecule has 2 heterocycles. The van der Waals surface area contributed by atoms with Gasteiger partial charge in [0.25, 0.3) is 5.88 Å². The fourth-order valence-corrected chi connectivity index (χ4v) is 1.46. The first-order valence-electron chi connectivity index (χ1n) is 4.65. The van der Waals surface area contributed by atoms with Crippen molar-refractivity contribution >= 4 is 0 Å². The van der Waals surface area contributed by atoms with Crippen LogP contribution >= 0.6 is 0 Å². The maximum Gasteiger partial charge on any atom is 0.253 e. The van der Waals surface area contributed by atoms with Crippen molar-refractivity contribution in [1.29, 1.82) is 0 Å². The molecule has 0 bridgehead atoms. The second-order valence-electron chi connectivity index (χ2n) is 3.35. The third-order valence-electron chi connectivity index (χ3n) is 2.25. The van der Waals surface area contributed by atoms with E-state index in [2.05, 4.69) is 15.3 Å². The normalized spacial score (nSPS) is 21.1. The first-order chi connectivity index (χ1) is 6.86. The van der Waals surface area contributed by atoms with Gasteiger partial charge in [0, 0.05) is 12.5 Å². The molecule has 1 atom stereocenters. The first kappa shape index (κ1) is 9.33. The number of nitrogens with one attached hydrogen (secondary N) is 1. The van der Waals surface area contributed by atoms with Gasteiger partial charge in [-0.2, -0.15) is 9.37 Å². The minimum absolute atomic E-state index is 0.0481. The largest absolute Gasteiger partial charge is 0.475 e. The zero-order chi connectivity index (χ0) is 9.80. The smallest absolute Gasteiger partial charge is 0.253 e. The Balaban J connectivity index is 1.88. The third-order valence-corrected chi connectivity index (χ3v) is 2.25. The highest BCUT2D eigenvalue weighted by atomic mass is 19.1. The molecule has 0 radical (unpaired) electrons. The Hall–Kier alpha value is -1.23. The van der Waals surface area contributed by atoms with Crippen LogP contribution in [0.3, 0.4) is 0 Å². The minimum atomic E-state index is -0.501. The molecule has 0 aromatic carbocycles. The molecule has 14 heavy (non-hydrogen) atoms. The van der Waals surface area contributed by atoms with Crippen LogP contribution in [0.15, 0.2) is 12.5 Å². The minimum Gasteiger partial charge on any atom is -0.475 e. The third kappa shape index (κ3) is 2.17. The highest BCUT2D eigenvalue weighted by Gasteiger charge is 2.16. The maximum absolute atomic E-state index is 13.0. The van der Waals surface area contributed by atoms with Crippen molar-refractivity contribution in [2.75, 3.05) is 19.7 Å². The maximum atomic E-state index is 13.0. The van der Waals surface area contributed by atoms with Gasteiger partial charge in [0.2, 0.25) is 5.82 Å². The van der Waals surface area contributed by atoms with Crippen LogP contribution in [0.25, 0.3) is 0 Å². The van der Waals surface area contributed by atoms with E-state index < -0.39 is 5.82 Å². The number of aromatic nitrogens is 2. The van der Waals surface area contributed by atoms with Gasteiger partial charge in [-0.25, -0.2) is 4.98 Å². The predicted molar refractivity (Wildman–Crippen MR) is 48.5 cm³/mol. The number of halogens is 1. The van der Waals surface area contributed by atoms with Crippen molar-refractivity contribution in [3.05, 3.63) is 18.3 Å². The Morgan fingerprint density at radius 2 is 2.57 bits per heavy atom. The molecule has 4 nitrogen and oxygen atoms in total. The SMILES string of the molecule is Fc1cncnc1OCC1CCNC1. The average Bonchev–Trinajstić information content (AvgIpc) is 2.69. The molecular formula is C9H12FN3O. The summed E-state index contributed by atoms with van der Waals surface area (Å²) >= 11 is 0. The van der Waals surface area contributed by atoms with E-state index in [-0.39, 0.29) is 5.88 Å². The van der Waals surface area contributed by atoms with Gasteiger partial charge in [-0.05, 0) is 13.0 Å². The van der Waals surface area contributed by atoms with E-state index in [1.165, 1.54) is 6.33 Å². The van der Waals surface area contributed by atoms with E-state index in [1.54, 1.807) is 0 Å². The molecular weight excluding hydrogens is 185 g/mol. The summed E-state index contributed by atoms with van der Waals surface area (Å²) in [4.78, 5) is 7.26. The van der Waals surface area contributed by atoms with Crippen LogP contribution < -0.4 is 10.1 Å². The molecule has 1 aromatic heterocycles. The second kappa shape index (κ2) is 4.32. The van der Waals surface area contributed by atoms with Crippen molar-refractivity contribution in [1.82, 2.24) is 15.3 Å². The molecule has 1 fully saturated rings. The number of hydrogen-bond donors (Lipinski definition) is 1. The van der Waals surface area contributed by atoms with Crippen molar-refractivity contribution in [2.45, 2.75) is 6.42 Å². The van der Waals surface area contributed by atoms with Crippen LogP contribution in [0.1, 0.15) is 6.42 Å². The monoisotopic (exact) mass is 197 g/mol. The quantitative estimate of drug-likeness (QED) is 0.771. The molecule has 2 rings (SSSR count). The van der Waals surface area contributed by atoms with Gasteiger partial charge < -0.3 is 10.1 Å². The lowest BCUT2D eigenvalue weighted by atomic mass is 10.1. The summed E-state index contributed by atoms with van der Waals surface area (Å²) < 4.78 is 18.3. The lowest BCUT2D eigenvalue weighted by Crippen LogP contribution is -2.16. The molecule has 0 saturated carbocycles. The topological polar surface area (TPSA) is 47.0 Å². The summed E-state index contributed by atoms with van der Waals surface area (Å²) in [7, 11) is 0. The van der Waals surface area contributed by atoms with Gasteiger partial charge >= 0.3 is 0 Å². The summed E-state index contributed by atoms with van der Waals surface area (Å²) in [5.74, 6) is 0.00900. The Labute approximate surface area is 81.5 Å². The van der Waals surface area contributed by atoms with Gasteiger partial charge in [0.1, 0.15) is 6.33 Å². The molecule has 1 saturated heterocycles. The van der Waals surface area contributed by atoms with Crippen molar-refractivity contribution < 1.29 is 9.13 Å². The number of hydrogen-bond acceptors (Lipinski definition) is 4. The molecule has 76 valence electrons. The summed E-state index contributed by atoms with van der Waals surface area (Å²) in [6.45, 7) is 2.47.